The van der Waals surface area contributed by atoms with E-state index in [1.165, 1.54) is 12.7 Å². The molecule has 9 rings (SSSR count). The van der Waals surface area contributed by atoms with Crippen LogP contribution in [0, 0.1) is 6.92 Å². The average molecular weight is 877 g/mol. The van der Waals surface area contributed by atoms with E-state index in [0.29, 0.717) is 46.2 Å². The number of amides is 3. The maximum atomic E-state index is 14.1. The molecule has 0 unspecified atom stereocenters. The van der Waals surface area contributed by atoms with Crippen molar-refractivity contribution < 1.29 is 42.9 Å². The summed E-state index contributed by atoms with van der Waals surface area (Å²) < 4.78 is 29.8. The number of hydrogen-bond donors (Lipinski definition) is 0. The normalized spacial score (nSPS) is 16.7. The molecule has 5 aromatic rings. The summed E-state index contributed by atoms with van der Waals surface area (Å²) >= 11 is 0. The Kier molecular flexibility index (Phi) is 12.8. The average Bonchev–Trinajstić information content (AvgIpc) is 3.81. The van der Waals surface area contributed by atoms with Crippen LogP contribution in [0.15, 0.2) is 96.0 Å². The number of fused-ring (bicyclic) bond motifs is 8. The third-order valence-electron chi connectivity index (χ3n) is 12.6. The first-order chi connectivity index (χ1) is 31.7. The van der Waals surface area contributed by atoms with Gasteiger partial charge in [-0.3, -0.25) is 24.3 Å². The van der Waals surface area contributed by atoms with Crippen LogP contribution in [0.3, 0.4) is 0 Å². The van der Waals surface area contributed by atoms with Crippen molar-refractivity contribution in [3.05, 3.63) is 136 Å². The number of benzene rings is 5. The van der Waals surface area contributed by atoms with Crippen LogP contribution >= 0.6 is 0 Å². The van der Waals surface area contributed by atoms with Crippen LogP contribution in [0.25, 0.3) is 0 Å². The van der Waals surface area contributed by atoms with Crippen molar-refractivity contribution in [1.29, 1.82) is 0 Å². The van der Waals surface area contributed by atoms with E-state index in [1.54, 1.807) is 29.0 Å². The SMILES string of the molecule is COCCC(=O)N(CCOCCC=O)c1cc(COc2cc3c(cc2C)C(=O)N2c4ccccc4C[C@H]2CC3)cc(COc2cc3c(cc2OC)C(=O)N2c4ccccc4C[C@H]2C=N3)c1. The second kappa shape index (κ2) is 19.1. The molecule has 0 radical (unpaired) electrons. The molecule has 65 heavy (non-hydrogen) atoms. The zero-order valence-corrected chi connectivity index (χ0v) is 36.9. The summed E-state index contributed by atoms with van der Waals surface area (Å²) in [5, 5.41) is 0. The number of methoxy groups -OCH3 is 2. The van der Waals surface area contributed by atoms with Crippen LogP contribution in [-0.2, 0) is 51.5 Å². The molecule has 0 aromatic heterocycles. The fraction of sp³-hybridized carbons (Fsp3) is 0.327. The van der Waals surface area contributed by atoms with Gasteiger partial charge in [-0.15, -0.1) is 0 Å². The molecule has 4 aliphatic rings. The minimum atomic E-state index is -0.205. The van der Waals surface area contributed by atoms with E-state index < -0.39 is 0 Å². The molecule has 0 spiro atoms. The van der Waals surface area contributed by atoms with Gasteiger partial charge in [0.15, 0.2) is 11.5 Å². The number of carbonyl (C=O) groups is 4. The minimum absolute atomic E-state index is 0.0171. The lowest BCUT2D eigenvalue weighted by molar-refractivity contribution is -0.119. The molecule has 0 aliphatic carbocycles. The van der Waals surface area contributed by atoms with E-state index in [2.05, 4.69) is 6.07 Å². The van der Waals surface area contributed by atoms with Crippen molar-refractivity contribution >= 4 is 53.0 Å². The van der Waals surface area contributed by atoms with E-state index in [0.717, 1.165) is 64.7 Å². The second-order valence-electron chi connectivity index (χ2n) is 16.8. The molecular formula is C52H52N4O9. The van der Waals surface area contributed by atoms with E-state index in [-0.39, 0.29) is 82.2 Å². The van der Waals surface area contributed by atoms with Crippen LogP contribution in [0.1, 0.15) is 73.4 Å². The number of hydrogen-bond acceptors (Lipinski definition) is 10. The molecule has 334 valence electrons. The van der Waals surface area contributed by atoms with Crippen molar-refractivity contribution in [2.75, 3.05) is 55.3 Å². The number of carbonyl (C=O) groups excluding carboxylic acids is 4. The molecule has 13 heteroatoms. The molecule has 5 aromatic carbocycles. The monoisotopic (exact) mass is 876 g/mol. The maximum Gasteiger partial charge on any atom is 0.261 e. The Morgan fingerprint density at radius 1 is 0.769 bits per heavy atom. The summed E-state index contributed by atoms with van der Waals surface area (Å²) in [6.07, 6.45) is 6.13. The van der Waals surface area contributed by atoms with Crippen molar-refractivity contribution in [3.8, 4) is 17.2 Å². The minimum Gasteiger partial charge on any atom is -0.493 e. The zero-order chi connectivity index (χ0) is 45.0. The summed E-state index contributed by atoms with van der Waals surface area (Å²) in [5.74, 6) is 1.14. The fourth-order valence-electron chi connectivity index (χ4n) is 9.40. The molecule has 0 saturated heterocycles. The Hall–Kier alpha value is -6.83. The van der Waals surface area contributed by atoms with Crippen LogP contribution in [0.4, 0.5) is 22.7 Å². The Morgan fingerprint density at radius 3 is 2.22 bits per heavy atom. The third kappa shape index (κ3) is 8.86. The maximum absolute atomic E-state index is 14.1. The van der Waals surface area contributed by atoms with Gasteiger partial charge in [0.1, 0.15) is 25.2 Å². The summed E-state index contributed by atoms with van der Waals surface area (Å²) in [5.41, 5.74) is 9.69. The summed E-state index contributed by atoms with van der Waals surface area (Å²) in [6, 6.07) is 29.1. The highest BCUT2D eigenvalue weighted by atomic mass is 16.5. The number of nitrogens with zero attached hydrogens (tertiary/aromatic N) is 4. The molecule has 2 atom stereocenters. The molecule has 4 heterocycles. The number of aldehydes is 1. The van der Waals surface area contributed by atoms with Crippen LogP contribution in [0.5, 0.6) is 17.2 Å². The Bertz CT molecular complexity index is 2680. The highest BCUT2D eigenvalue weighted by molar-refractivity contribution is 6.15. The van der Waals surface area contributed by atoms with E-state index >= 15 is 0 Å². The number of anilines is 3. The molecule has 3 amide bonds. The quantitative estimate of drug-likeness (QED) is 0.0674. The molecule has 0 bridgehead atoms. The van der Waals surface area contributed by atoms with Crippen molar-refractivity contribution in [2.24, 2.45) is 4.99 Å². The van der Waals surface area contributed by atoms with Crippen LogP contribution in [-0.4, -0.2) is 82.9 Å². The molecule has 0 N–H and O–H groups in total. The topological polar surface area (TPSA) is 137 Å². The van der Waals surface area contributed by atoms with Gasteiger partial charge in [0, 0.05) is 67.4 Å². The van der Waals surface area contributed by atoms with Crippen LogP contribution in [0.2, 0.25) is 0 Å². The standard InChI is InChI=1S/C52H52N4O9/c1-33-21-42-36(13-14-39-25-37-9-4-6-11-45(37)55(39)51(42)59)27-47(33)64-31-34-22-35(24-40(23-34)54(50(58)15-19-61-2)16-20-63-18-8-17-57)32-65-49-29-44-43(28-48(49)62-3)52(60)56-41(30-53-44)26-38-10-5-7-12-46(38)56/h4-7,9-12,17,21-24,27-30,39,41H,8,13-16,18-20,25-26,31-32H2,1-3H3/t39-,41+/m1/s1. The molecule has 4 aliphatic heterocycles. The largest absolute Gasteiger partial charge is 0.493 e. The van der Waals surface area contributed by atoms with Gasteiger partial charge in [-0.2, -0.15) is 0 Å². The van der Waals surface area contributed by atoms with Gasteiger partial charge in [0.2, 0.25) is 5.91 Å². The highest BCUT2D eigenvalue weighted by Gasteiger charge is 2.38. The third-order valence-corrected chi connectivity index (χ3v) is 12.6. The van der Waals surface area contributed by atoms with Crippen molar-refractivity contribution in [1.82, 2.24) is 0 Å². The van der Waals surface area contributed by atoms with Gasteiger partial charge < -0.3 is 38.3 Å². The second-order valence-corrected chi connectivity index (χ2v) is 16.8. The van der Waals surface area contributed by atoms with E-state index in [1.807, 2.05) is 90.8 Å². The van der Waals surface area contributed by atoms with Gasteiger partial charge in [-0.25, -0.2) is 0 Å². The number of rotatable bonds is 17. The first kappa shape index (κ1) is 43.4. The van der Waals surface area contributed by atoms with Gasteiger partial charge >= 0.3 is 0 Å². The number of para-hydroxylation sites is 2. The smallest absolute Gasteiger partial charge is 0.261 e. The predicted octanol–water partition coefficient (Wildman–Crippen LogP) is 7.94. The number of aryl methyl sites for hydroxylation is 2. The number of ether oxygens (including phenoxy) is 5. The lowest BCUT2D eigenvalue weighted by Gasteiger charge is -2.25. The lowest BCUT2D eigenvalue weighted by atomic mass is 9.98. The Labute approximate surface area is 378 Å². The zero-order valence-electron chi connectivity index (χ0n) is 36.9. The lowest BCUT2D eigenvalue weighted by Crippen LogP contribution is -2.37. The van der Waals surface area contributed by atoms with Crippen molar-refractivity contribution in [2.45, 2.75) is 70.7 Å². The Morgan fingerprint density at radius 2 is 1.48 bits per heavy atom. The van der Waals surface area contributed by atoms with Crippen LogP contribution < -0.4 is 28.9 Å². The van der Waals surface area contributed by atoms with Gasteiger partial charge in [0.05, 0.1) is 50.6 Å². The molecular weight excluding hydrogens is 825 g/mol. The molecule has 0 saturated carbocycles. The summed E-state index contributed by atoms with van der Waals surface area (Å²) in [4.78, 5) is 63.0. The summed E-state index contributed by atoms with van der Waals surface area (Å²) in [7, 11) is 3.09. The van der Waals surface area contributed by atoms with Gasteiger partial charge in [-0.1, -0.05) is 36.4 Å². The first-order valence-corrected chi connectivity index (χ1v) is 22.2. The predicted molar refractivity (Wildman–Crippen MR) is 248 cm³/mol. The Balaban J connectivity index is 0.997. The first-order valence-electron chi connectivity index (χ1n) is 22.2. The fourth-order valence-corrected chi connectivity index (χ4v) is 9.40. The van der Waals surface area contributed by atoms with E-state index in [9.17, 15) is 19.2 Å². The molecule has 13 nitrogen and oxygen atoms in total. The highest BCUT2D eigenvalue weighted by Crippen LogP contribution is 2.42. The van der Waals surface area contributed by atoms with Gasteiger partial charge in [-0.05, 0) is 108 Å². The van der Waals surface area contributed by atoms with Crippen molar-refractivity contribution in [3.63, 3.8) is 0 Å². The van der Waals surface area contributed by atoms with E-state index in [4.69, 9.17) is 28.7 Å². The molecule has 0 fully saturated rings. The summed E-state index contributed by atoms with van der Waals surface area (Å²) in [6.45, 7) is 3.12. The number of aliphatic imine (C=N–C) groups is 1. The van der Waals surface area contributed by atoms with Gasteiger partial charge in [0.25, 0.3) is 11.8 Å².